The first-order valence-corrected chi connectivity index (χ1v) is 8.30. The smallest absolute Gasteiger partial charge is 0.270 e. The number of piperazine rings is 1. The predicted molar refractivity (Wildman–Crippen MR) is 99.2 cm³/mol. The number of benzene rings is 1. The van der Waals surface area contributed by atoms with Crippen LogP contribution < -0.4 is 5.32 Å². The van der Waals surface area contributed by atoms with Gasteiger partial charge in [-0.3, -0.25) is 4.79 Å². The molecule has 2 heterocycles. The van der Waals surface area contributed by atoms with E-state index in [4.69, 9.17) is 0 Å². The Balaban J connectivity index is 0.00000192. The van der Waals surface area contributed by atoms with Crippen LogP contribution in [0.2, 0.25) is 0 Å². The van der Waals surface area contributed by atoms with Crippen LogP contribution in [-0.2, 0) is 7.05 Å². The van der Waals surface area contributed by atoms with Crippen molar-refractivity contribution in [3.63, 3.8) is 0 Å². The molecule has 124 valence electrons. The number of rotatable bonds is 2. The topological polar surface area (TPSA) is 37.3 Å². The molecule has 1 fully saturated rings. The van der Waals surface area contributed by atoms with Crippen LogP contribution in [0.3, 0.4) is 0 Å². The van der Waals surface area contributed by atoms with E-state index in [0.717, 1.165) is 41.1 Å². The SMILES string of the molecule is C[C@H]1CNCCN1C(=O)c1ccc(-c2ccc(Br)cc2)n1C.Cl. The third-order valence-electron chi connectivity index (χ3n) is 4.24. The van der Waals surface area contributed by atoms with Crippen molar-refractivity contribution in [1.29, 1.82) is 0 Å². The number of hydrogen-bond acceptors (Lipinski definition) is 2. The van der Waals surface area contributed by atoms with Gasteiger partial charge in [-0.25, -0.2) is 0 Å². The number of halogens is 2. The van der Waals surface area contributed by atoms with E-state index >= 15 is 0 Å². The van der Waals surface area contributed by atoms with Crippen LogP contribution >= 0.6 is 28.3 Å². The molecule has 1 N–H and O–H groups in total. The Labute approximate surface area is 151 Å². The van der Waals surface area contributed by atoms with Gasteiger partial charge in [0, 0.05) is 42.9 Å². The fraction of sp³-hybridized carbons (Fsp3) is 0.353. The average Bonchev–Trinajstić information content (AvgIpc) is 2.90. The first-order chi connectivity index (χ1) is 10.6. The van der Waals surface area contributed by atoms with Gasteiger partial charge in [0.2, 0.25) is 0 Å². The average molecular weight is 399 g/mol. The number of hydrogen-bond donors (Lipinski definition) is 1. The molecule has 1 atom stereocenters. The summed E-state index contributed by atoms with van der Waals surface area (Å²) in [5, 5.41) is 3.32. The van der Waals surface area contributed by atoms with E-state index in [0.29, 0.717) is 0 Å². The lowest BCUT2D eigenvalue weighted by Crippen LogP contribution is -2.52. The fourth-order valence-electron chi connectivity index (χ4n) is 2.93. The third-order valence-corrected chi connectivity index (χ3v) is 4.77. The maximum Gasteiger partial charge on any atom is 0.270 e. The van der Waals surface area contributed by atoms with E-state index in [2.05, 4.69) is 40.3 Å². The molecule has 23 heavy (non-hydrogen) atoms. The van der Waals surface area contributed by atoms with Crippen molar-refractivity contribution in [2.24, 2.45) is 7.05 Å². The Bertz CT molecular complexity index is 684. The second kappa shape index (κ2) is 7.51. The molecular formula is C17H21BrClN3O. The Morgan fingerprint density at radius 1 is 1.22 bits per heavy atom. The highest BCUT2D eigenvalue weighted by molar-refractivity contribution is 9.10. The van der Waals surface area contributed by atoms with Gasteiger partial charge in [0.05, 0.1) is 0 Å². The van der Waals surface area contributed by atoms with Crippen LogP contribution in [0.25, 0.3) is 11.3 Å². The highest BCUT2D eigenvalue weighted by Crippen LogP contribution is 2.24. The standard InChI is InChI=1S/C17H20BrN3O.ClH/c1-12-11-19-9-10-21(12)17(22)16-8-7-15(20(16)2)13-3-5-14(18)6-4-13;/h3-8,12,19H,9-11H2,1-2H3;1H/t12-;/m0./s1. The summed E-state index contributed by atoms with van der Waals surface area (Å²) >= 11 is 3.45. The lowest BCUT2D eigenvalue weighted by atomic mass is 10.1. The number of nitrogens with one attached hydrogen (secondary N) is 1. The van der Waals surface area contributed by atoms with Crippen molar-refractivity contribution in [3.8, 4) is 11.3 Å². The van der Waals surface area contributed by atoms with Gasteiger partial charge in [-0.2, -0.15) is 0 Å². The highest BCUT2D eigenvalue weighted by atomic mass is 79.9. The summed E-state index contributed by atoms with van der Waals surface area (Å²) in [6, 6.07) is 12.3. The van der Waals surface area contributed by atoms with Crippen LogP contribution in [0.5, 0.6) is 0 Å². The summed E-state index contributed by atoms with van der Waals surface area (Å²) in [5.41, 5.74) is 2.91. The molecule has 0 aliphatic carbocycles. The minimum Gasteiger partial charge on any atom is -0.340 e. The van der Waals surface area contributed by atoms with Gasteiger partial charge in [0.25, 0.3) is 5.91 Å². The fourth-order valence-corrected chi connectivity index (χ4v) is 3.19. The summed E-state index contributed by atoms with van der Waals surface area (Å²) < 4.78 is 3.04. The van der Waals surface area contributed by atoms with E-state index in [1.54, 1.807) is 0 Å². The van der Waals surface area contributed by atoms with E-state index < -0.39 is 0 Å². The quantitative estimate of drug-likeness (QED) is 0.843. The molecule has 0 radical (unpaired) electrons. The Hall–Kier alpha value is -1.30. The summed E-state index contributed by atoms with van der Waals surface area (Å²) in [6.07, 6.45) is 0. The first-order valence-electron chi connectivity index (χ1n) is 7.51. The van der Waals surface area contributed by atoms with Crippen LogP contribution in [0.15, 0.2) is 40.9 Å². The Morgan fingerprint density at radius 2 is 1.91 bits per heavy atom. The number of carbonyl (C=O) groups excluding carboxylic acids is 1. The van der Waals surface area contributed by atoms with Gasteiger partial charge in [0.1, 0.15) is 5.69 Å². The molecular weight excluding hydrogens is 378 g/mol. The van der Waals surface area contributed by atoms with Gasteiger partial charge >= 0.3 is 0 Å². The van der Waals surface area contributed by atoms with Gasteiger partial charge in [-0.1, -0.05) is 28.1 Å². The summed E-state index contributed by atoms with van der Waals surface area (Å²) in [7, 11) is 1.96. The highest BCUT2D eigenvalue weighted by Gasteiger charge is 2.26. The molecule has 4 nitrogen and oxygen atoms in total. The molecule has 3 rings (SSSR count). The minimum atomic E-state index is 0. The molecule has 1 aromatic carbocycles. The zero-order chi connectivity index (χ0) is 15.7. The van der Waals surface area contributed by atoms with E-state index in [9.17, 15) is 4.79 Å². The van der Waals surface area contributed by atoms with Gasteiger partial charge in [0.15, 0.2) is 0 Å². The van der Waals surface area contributed by atoms with Crippen molar-refractivity contribution < 1.29 is 4.79 Å². The van der Waals surface area contributed by atoms with Crippen LogP contribution in [0.4, 0.5) is 0 Å². The summed E-state index contributed by atoms with van der Waals surface area (Å²) in [6.45, 7) is 4.57. The molecule has 0 saturated carbocycles. The number of amides is 1. The molecule has 1 saturated heterocycles. The largest absolute Gasteiger partial charge is 0.340 e. The lowest BCUT2D eigenvalue weighted by molar-refractivity contribution is 0.0646. The van der Waals surface area contributed by atoms with Gasteiger partial charge < -0.3 is 14.8 Å². The molecule has 1 aromatic heterocycles. The third kappa shape index (κ3) is 3.62. The molecule has 2 aromatic rings. The minimum absolute atomic E-state index is 0. The molecule has 1 amide bonds. The number of aromatic nitrogens is 1. The first kappa shape index (κ1) is 18.0. The lowest BCUT2D eigenvalue weighted by Gasteiger charge is -2.34. The molecule has 1 aliphatic rings. The van der Waals surface area contributed by atoms with Crippen molar-refractivity contribution >= 4 is 34.2 Å². The van der Waals surface area contributed by atoms with Crippen molar-refractivity contribution in [1.82, 2.24) is 14.8 Å². The van der Waals surface area contributed by atoms with Gasteiger partial charge in [-0.15, -0.1) is 12.4 Å². The maximum atomic E-state index is 12.8. The van der Waals surface area contributed by atoms with E-state index in [1.807, 2.05) is 40.8 Å². The van der Waals surface area contributed by atoms with Gasteiger partial charge in [-0.05, 0) is 36.8 Å². The zero-order valence-electron chi connectivity index (χ0n) is 13.3. The second-order valence-electron chi connectivity index (χ2n) is 5.72. The van der Waals surface area contributed by atoms with Crippen LogP contribution in [-0.4, -0.2) is 41.1 Å². The van der Waals surface area contributed by atoms with E-state index in [-0.39, 0.29) is 24.4 Å². The molecule has 0 spiro atoms. The predicted octanol–water partition coefficient (Wildman–Crippen LogP) is 3.31. The van der Waals surface area contributed by atoms with Crippen molar-refractivity contribution in [2.75, 3.05) is 19.6 Å². The summed E-state index contributed by atoms with van der Waals surface area (Å²) in [4.78, 5) is 14.8. The second-order valence-corrected chi connectivity index (χ2v) is 6.64. The molecule has 1 aliphatic heterocycles. The van der Waals surface area contributed by atoms with Crippen molar-refractivity contribution in [2.45, 2.75) is 13.0 Å². The summed E-state index contributed by atoms with van der Waals surface area (Å²) in [5.74, 6) is 0.111. The van der Waals surface area contributed by atoms with Crippen molar-refractivity contribution in [3.05, 3.63) is 46.6 Å². The maximum absolute atomic E-state index is 12.8. The molecule has 6 heteroatoms. The van der Waals surface area contributed by atoms with E-state index in [1.165, 1.54) is 0 Å². The molecule has 0 unspecified atom stereocenters. The Kier molecular flexibility index (Phi) is 5.89. The normalized spacial score (nSPS) is 17.7. The number of carbonyl (C=O) groups is 1. The van der Waals surface area contributed by atoms with Crippen LogP contribution in [0.1, 0.15) is 17.4 Å². The Morgan fingerprint density at radius 3 is 2.57 bits per heavy atom. The monoisotopic (exact) mass is 397 g/mol. The zero-order valence-corrected chi connectivity index (χ0v) is 15.7. The molecule has 0 bridgehead atoms. The van der Waals surface area contributed by atoms with Crippen LogP contribution in [0, 0.1) is 0 Å². The number of nitrogens with zero attached hydrogens (tertiary/aromatic N) is 2.